The van der Waals surface area contributed by atoms with Gasteiger partial charge in [-0.2, -0.15) is 9.78 Å². The highest BCUT2D eigenvalue weighted by Gasteiger charge is 2.22. The molecule has 4 rings (SSSR count). The Labute approximate surface area is 208 Å². The molecule has 0 bridgehead atoms. The molecule has 2 aromatic carbocycles. The number of aryl methyl sites for hydroxylation is 3. The van der Waals surface area contributed by atoms with Crippen LogP contribution in [0.3, 0.4) is 0 Å². The van der Waals surface area contributed by atoms with Gasteiger partial charge in [-0.1, -0.05) is 35.4 Å². The lowest BCUT2D eigenvalue weighted by molar-refractivity contribution is -0.111. The molecule has 0 atom stereocenters. The SMILES string of the molecule is CCOC(=O)c1cnn(-c2cc(C)c3cc(C)cc(C)c3n2)c1NC(=O)/C=C/c1cccc(Cl)c1. The molecule has 7 nitrogen and oxygen atoms in total. The summed E-state index contributed by atoms with van der Waals surface area (Å²) in [6.45, 7) is 7.95. The average Bonchev–Trinajstić information content (AvgIpc) is 3.22. The monoisotopic (exact) mass is 488 g/mol. The number of halogens is 1. The van der Waals surface area contributed by atoms with Gasteiger partial charge in [0.25, 0.3) is 0 Å². The molecule has 2 aromatic heterocycles. The van der Waals surface area contributed by atoms with Gasteiger partial charge in [-0.15, -0.1) is 0 Å². The Bertz CT molecular complexity index is 1470. The van der Waals surface area contributed by atoms with E-state index in [0.717, 1.165) is 33.2 Å². The molecule has 0 saturated heterocycles. The van der Waals surface area contributed by atoms with Crippen LogP contribution < -0.4 is 5.32 Å². The summed E-state index contributed by atoms with van der Waals surface area (Å²) in [4.78, 5) is 30.2. The zero-order chi connectivity index (χ0) is 25.1. The zero-order valence-electron chi connectivity index (χ0n) is 19.9. The Balaban J connectivity index is 1.76. The highest BCUT2D eigenvalue weighted by atomic mass is 35.5. The second-order valence-electron chi connectivity index (χ2n) is 8.19. The van der Waals surface area contributed by atoms with E-state index in [4.69, 9.17) is 21.3 Å². The molecule has 178 valence electrons. The Morgan fingerprint density at radius 1 is 1.11 bits per heavy atom. The van der Waals surface area contributed by atoms with Crippen LogP contribution in [0.25, 0.3) is 22.8 Å². The standard InChI is InChI=1S/C27H25ClN4O3/c1-5-35-27(34)22-15-29-32(23-13-17(3)21-12-16(2)11-18(4)25(21)30-23)26(22)31-24(33)10-9-19-7-6-8-20(28)14-19/h6-15H,5H2,1-4H3,(H,31,33)/b10-9+. The van der Waals surface area contributed by atoms with Crippen LogP contribution in [0.4, 0.5) is 5.82 Å². The van der Waals surface area contributed by atoms with Gasteiger partial charge in [-0.25, -0.2) is 9.78 Å². The van der Waals surface area contributed by atoms with E-state index in [1.165, 1.54) is 17.0 Å². The third kappa shape index (κ3) is 5.25. The van der Waals surface area contributed by atoms with Crippen LogP contribution in [0.15, 0.2) is 54.7 Å². The maximum atomic E-state index is 12.8. The summed E-state index contributed by atoms with van der Waals surface area (Å²) in [6, 6.07) is 13.2. The number of carbonyl (C=O) groups excluding carboxylic acids is 2. The van der Waals surface area contributed by atoms with Gasteiger partial charge in [0.1, 0.15) is 5.56 Å². The zero-order valence-corrected chi connectivity index (χ0v) is 20.7. The second-order valence-corrected chi connectivity index (χ2v) is 8.63. The van der Waals surface area contributed by atoms with Crippen molar-refractivity contribution in [1.29, 1.82) is 0 Å². The van der Waals surface area contributed by atoms with Crippen LogP contribution >= 0.6 is 11.6 Å². The van der Waals surface area contributed by atoms with E-state index >= 15 is 0 Å². The molecule has 0 saturated carbocycles. The van der Waals surface area contributed by atoms with Crippen LogP contribution in [-0.4, -0.2) is 33.2 Å². The van der Waals surface area contributed by atoms with Crippen molar-refractivity contribution in [2.45, 2.75) is 27.7 Å². The van der Waals surface area contributed by atoms with E-state index < -0.39 is 11.9 Å². The number of nitrogens with zero attached hydrogens (tertiary/aromatic N) is 3. The second kappa shape index (κ2) is 10.1. The Hall–Kier alpha value is -3.97. The van der Waals surface area contributed by atoms with Gasteiger partial charge < -0.3 is 10.1 Å². The third-order valence-corrected chi connectivity index (χ3v) is 5.68. The highest BCUT2D eigenvalue weighted by Crippen LogP contribution is 2.27. The number of ether oxygens (including phenoxy) is 1. The number of hydrogen-bond donors (Lipinski definition) is 1. The molecule has 0 unspecified atom stereocenters. The average molecular weight is 489 g/mol. The number of anilines is 1. The normalized spacial score (nSPS) is 11.2. The Kier molecular flexibility index (Phi) is 6.98. The molecule has 0 aliphatic heterocycles. The molecule has 35 heavy (non-hydrogen) atoms. The summed E-state index contributed by atoms with van der Waals surface area (Å²) in [6.07, 6.45) is 4.37. The summed E-state index contributed by atoms with van der Waals surface area (Å²) in [5.41, 5.74) is 4.91. The van der Waals surface area contributed by atoms with Crippen molar-refractivity contribution in [2.24, 2.45) is 0 Å². The molecule has 8 heteroatoms. The fourth-order valence-electron chi connectivity index (χ4n) is 3.88. The Morgan fingerprint density at radius 2 is 1.91 bits per heavy atom. The van der Waals surface area contributed by atoms with Gasteiger partial charge >= 0.3 is 5.97 Å². The highest BCUT2D eigenvalue weighted by molar-refractivity contribution is 6.30. The lowest BCUT2D eigenvalue weighted by atomic mass is 10.0. The molecule has 0 aliphatic carbocycles. The van der Waals surface area contributed by atoms with E-state index in [1.54, 1.807) is 31.2 Å². The smallest absolute Gasteiger partial charge is 0.343 e. The van der Waals surface area contributed by atoms with E-state index in [9.17, 15) is 9.59 Å². The maximum Gasteiger partial charge on any atom is 0.343 e. The number of amides is 1. The lowest BCUT2D eigenvalue weighted by Gasteiger charge is -2.13. The molecule has 0 fully saturated rings. The first-order valence-corrected chi connectivity index (χ1v) is 11.5. The first kappa shape index (κ1) is 24.2. The maximum absolute atomic E-state index is 12.8. The molecule has 1 N–H and O–H groups in total. The number of fused-ring (bicyclic) bond motifs is 1. The van der Waals surface area contributed by atoms with Crippen molar-refractivity contribution >= 4 is 46.3 Å². The number of aromatic nitrogens is 3. The number of nitrogens with one attached hydrogen (secondary N) is 1. The number of benzene rings is 2. The first-order valence-electron chi connectivity index (χ1n) is 11.2. The predicted octanol–water partition coefficient (Wildman–Crippen LogP) is 5.83. The van der Waals surface area contributed by atoms with E-state index in [-0.39, 0.29) is 18.0 Å². The number of esters is 1. The fraction of sp³-hybridized carbons (Fsp3) is 0.185. The molecule has 0 aliphatic rings. The topological polar surface area (TPSA) is 86.1 Å². The van der Waals surface area contributed by atoms with Gasteiger partial charge in [-0.3, -0.25) is 4.79 Å². The third-order valence-electron chi connectivity index (χ3n) is 5.44. The van der Waals surface area contributed by atoms with Crippen molar-refractivity contribution in [3.63, 3.8) is 0 Å². The largest absolute Gasteiger partial charge is 0.462 e. The van der Waals surface area contributed by atoms with E-state index in [1.807, 2.05) is 32.9 Å². The van der Waals surface area contributed by atoms with Crippen LogP contribution in [0, 0.1) is 20.8 Å². The fourth-order valence-corrected chi connectivity index (χ4v) is 4.08. The van der Waals surface area contributed by atoms with Crippen molar-refractivity contribution < 1.29 is 14.3 Å². The molecule has 2 heterocycles. The number of pyridine rings is 1. The van der Waals surface area contributed by atoms with Gasteiger partial charge in [0.2, 0.25) is 5.91 Å². The van der Waals surface area contributed by atoms with E-state index in [2.05, 4.69) is 22.5 Å². The molecule has 1 amide bonds. The molecule has 4 aromatic rings. The summed E-state index contributed by atoms with van der Waals surface area (Å²) < 4.78 is 6.62. The van der Waals surface area contributed by atoms with Gasteiger partial charge in [0.05, 0.1) is 18.3 Å². The number of rotatable bonds is 6. The van der Waals surface area contributed by atoms with Crippen LogP contribution in [-0.2, 0) is 9.53 Å². The van der Waals surface area contributed by atoms with Crippen molar-refractivity contribution in [2.75, 3.05) is 11.9 Å². The molecular weight excluding hydrogens is 464 g/mol. The van der Waals surface area contributed by atoms with Gasteiger partial charge in [0, 0.05) is 16.5 Å². The molecule has 0 spiro atoms. The summed E-state index contributed by atoms with van der Waals surface area (Å²) in [5, 5.41) is 8.75. The summed E-state index contributed by atoms with van der Waals surface area (Å²) in [5.74, 6) is -0.370. The summed E-state index contributed by atoms with van der Waals surface area (Å²) >= 11 is 6.02. The van der Waals surface area contributed by atoms with Gasteiger partial charge in [-0.05, 0) is 74.7 Å². The number of carbonyl (C=O) groups is 2. The summed E-state index contributed by atoms with van der Waals surface area (Å²) in [7, 11) is 0. The van der Waals surface area contributed by atoms with E-state index in [0.29, 0.717) is 10.8 Å². The first-order chi connectivity index (χ1) is 16.8. The van der Waals surface area contributed by atoms with Crippen LogP contribution in [0.2, 0.25) is 5.02 Å². The van der Waals surface area contributed by atoms with Crippen LogP contribution in [0.1, 0.15) is 39.5 Å². The lowest BCUT2D eigenvalue weighted by Crippen LogP contribution is -2.16. The minimum Gasteiger partial charge on any atom is -0.462 e. The van der Waals surface area contributed by atoms with Gasteiger partial charge in [0.15, 0.2) is 11.6 Å². The minimum absolute atomic E-state index is 0.136. The Morgan fingerprint density at radius 3 is 2.66 bits per heavy atom. The predicted molar refractivity (Wildman–Crippen MR) is 138 cm³/mol. The number of hydrogen-bond acceptors (Lipinski definition) is 5. The molecule has 0 radical (unpaired) electrons. The molecular formula is C27H25ClN4O3. The van der Waals surface area contributed by atoms with Crippen LogP contribution in [0.5, 0.6) is 0 Å². The van der Waals surface area contributed by atoms with Crippen molar-refractivity contribution in [1.82, 2.24) is 14.8 Å². The van der Waals surface area contributed by atoms with Crippen molar-refractivity contribution in [3.05, 3.63) is 87.6 Å². The quantitative estimate of drug-likeness (QED) is 0.272. The van der Waals surface area contributed by atoms with Crippen molar-refractivity contribution in [3.8, 4) is 5.82 Å². The minimum atomic E-state index is -0.586.